The van der Waals surface area contributed by atoms with Crippen molar-refractivity contribution in [2.75, 3.05) is 14.2 Å². The summed E-state index contributed by atoms with van der Waals surface area (Å²) in [4.78, 5) is 25.6. The maximum Gasteiger partial charge on any atom is 0.344 e. The lowest BCUT2D eigenvalue weighted by atomic mass is 9.92. The first kappa shape index (κ1) is 19.0. The fourth-order valence-electron chi connectivity index (χ4n) is 3.89. The summed E-state index contributed by atoms with van der Waals surface area (Å²) in [5.74, 6) is -0.766. The zero-order valence-corrected chi connectivity index (χ0v) is 16.4. The van der Waals surface area contributed by atoms with Gasteiger partial charge in [-0.15, -0.1) is 0 Å². The van der Waals surface area contributed by atoms with E-state index in [0.29, 0.717) is 16.9 Å². The molecule has 2 unspecified atom stereocenters. The van der Waals surface area contributed by atoms with E-state index < -0.39 is 29.2 Å². The number of hydrogen-bond acceptors (Lipinski definition) is 9. The average molecular weight is 424 g/mol. The molecule has 158 valence electrons. The smallest absolute Gasteiger partial charge is 0.344 e. The number of hydrogen-bond donors (Lipinski definition) is 2. The van der Waals surface area contributed by atoms with E-state index in [-0.39, 0.29) is 33.4 Å². The molecular formula is C22H16O9. The van der Waals surface area contributed by atoms with Crippen LogP contribution >= 0.6 is 0 Å². The Kier molecular flexibility index (Phi) is 4.16. The van der Waals surface area contributed by atoms with Gasteiger partial charge in [0.05, 0.1) is 42.0 Å². The van der Waals surface area contributed by atoms with Crippen molar-refractivity contribution in [1.29, 1.82) is 0 Å². The van der Waals surface area contributed by atoms with E-state index in [4.69, 9.17) is 23.0 Å². The molecule has 3 heterocycles. The first-order valence-corrected chi connectivity index (χ1v) is 9.26. The van der Waals surface area contributed by atoms with E-state index in [2.05, 4.69) is 0 Å². The first-order valence-electron chi connectivity index (χ1n) is 9.26. The molecule has 9 nitrogen and oxygen atoms in total. The van der Waals surface area contributed by atoms with Crippen LogP contribution in [0.3, 0.4) is 0 Å². The average Bonchev–Trinajstić information content (AvgIpc) is 3.10. The Morgan fingerprint density at radius 3 is 2.00 bits per heavy atom. The molecule has 0 fully saturated rings. The van der Waals surface area contributed by atoms with Crippen molar-refractivity contribution in [3.63, 3.8) is 0 Å². The van der Waals surface area contributed by atoms with Crippen LogP contribution in [0.1, 0.15) is 17.0 Å². The Hall–Kier alpha value is -3.98. The van der Waals surface area contributed by atoms with Crippen LogP contribution in [-0.4, -0.2) is 30.7 Å². The van der Waals surface area contributed by atoms with Crippen molar-refractivity contribution < 1.29 is 33.3 Å². The summed E-state index contributed by atoms with van der Waals surface area (Å²) in [5, 5.41) is 22.1. The van der Waals surface area contributed by atoms with Crippen LogP contribution in [0.5, 0.6) is 23.0 Å². The number of benzene rings is 2. The summed E-state index contributed by atoms with van der Waals surface area (Å²) < 4.78 is 26.5. The number of fused-ring (bicyclic) bond motifs is 4. The molecule has 1 aliphatic heterocycles. The van der Waals surface area contributed by atoms with Gasteiger partial charge in [-0.1, -0.05) is 0 Å². The summed E-state index contributed by atoms with van der Waals surface area (Å²) in [7, 11) is 2.93. The second-order valence-electron chi connectivity index (χ2n) is 6.99. The standard InChI is InChI=1S/C22H16O9/c1-27-9-3-5-11-13(7-9)29-21(25)16(18(11)23)15-17-19(31-20(15)24)12-6-4-10(28-2)8-14(12)30-22(17)26/h3-8,15,20,23-24H,1-2H3. The lowest BCUT2D eigenvalue weighted by Gasteiger charge is -2.14. The normalized spacial score (nSPS) is 17.5. The minimum absolute atomic E-state index is 0.0695. The predicted octanol–water partition coefficient (Wildman–Crippen LogP) is 2.46. The van der Waals surface area contributed by atoms with Crippen LogP contribution in [-0.2, 0) is 0 Å². The number of aromatic hydroxyl groups is 1. The van der Waals surface area contributed by atoms with Gasteiger partial charge in [-0.25, -0.2) is 9.59 Å². The minimum atomic E-state index is -1.62. The van der Waals surface area contributed by atoms with Crippen molar-refractivity contribution in [2.45, 2.75) is 12.2 Å². The highest BCUT2D eigenvalue weighted by Gasteiger charge is 2.43. The van der Waals surface area contributed by atoms with Gasteiger partial charge in [0.2, 0.25) is 6.29 Å². The molecule has 1 aliphatic rings. The fraction of sp³-hybridized carbons (Fsp3) is 0.182. The summed E-state index contributed by atoms with van der Waals surface area (Å²) >= 11 is 0. The van der Waals surface area contributed by atoms with Crippen LogP contribution in [0, 0.1) is 0 Å². The lowest BCUT2D eigenvalue weighted by Crippen LogP contribution is -2.26. The van der Waals surface area contributed by atoms with E-state index in [0.717, 1.165) is 0 Å². The monoisotopic (exact) mass is 424 g/mol. The van der Waals surface area contributed by atoms with Gasteiger partial charge in [0.15, 0.2) is 0 Å². The predicted molar refractivity (Wildman–Crippen MR) is 108 cm³/mol. The molecule has 9 heteroatoms. The van der Waals surface area contributed by atoms with Crippen LogP contribution in [0.25, 0.3) is 21.9 Å². The zero-order chi connectivity index (χ0) is 21.9. The Morgan fingerprint density at radius 1 is 0.839 bits per heavy atom. The number of methoxy groups -OCH3 is 2. The van der Waals surface area contributed by atoms with Crippen molar-refractivity contribution in [1.82, 2.24) is 0 Å². The van der Waals surface area contributed by atoms with Gasteiger partial charge in [0.1, 0.15) is 34.2 Å². The van der Waals surface area contributed by atoms with E-state index in [9.17, 15) is 19.8 Å². The van der Waals surface area contributed by atoms with E-state index in [1.165, 1.54) is 32.4 Å². The first-order chi connectivity index (χ1) is 14.9. The fourth-order valence-corrected chi connectivity index (χ4v) is 3.89. The molecule has 2 aromatic heterocycles. The van der Waals surface area contributed by atoms with Gasteiger partial charge in [0.25, 0.3) is 0 Å². The van der Waals surface area contributed by atoms with Crippen molar-refractivity contribution >= 4 is 21.9 Å². The van der Waals surface area contributed by atoms with Gasteiger partial charge >= 0.3 is 11.3 Å². The molecule has 4 aromatic rings. The highest BCUT2D eigenvalue weighted by Crippen LogP contribution is 2.46. The second-order valence-corrected chi connectivity index (χ2v) is 6.99. The number of aliphatic hydroxyl groups excluding tert-OH is 1. The molecule has 0 bridgehead atoms. The Morgan fingerprint density at radius 2 is 1.39 bits per heavy atom. The number of rotatable bonds is 3. The molecule has 2 N–H and O–H groups in total. The molecule has 2 aromatic carbocycles. The van der Waals surface area contributed by atoms with E-state index >= 15 is 0 Å². The Balaban J connectivity index is 1.77. The molecule has 31 heavy (non-hydrogen) atoms. The largest absolute Gasteiger partial charge is 0.507 e. The van der Waals surface area contributed by atoms with Crippen LogP contribution < -0.4 is 25.5 Å². The molecule has 5 rings (SSSR count). The molecule has 0 saturated carbocycles. The molecule has 0 spiro atoms. The highest BCUT2D eigenvalue weighted by molar-refractivity contribution is 5.88. The molecule has 0 radical (unpaired) electrons. The summed E-state index contributed by atoms with van der Waals surface area (Å²) in [6, 6.07) is 9.30. The third kappa shape index (κ3) is 2.74. The topological polar surface area (TPSA) is 129 Å². The maximum atomic E-state index is 12.8. The third-order valence-electron chi connectivity index (χ3n) is 5.37. The van der Waals surface area contributed by atoms with Gasteiger partial charge in [-0.3, -0.25) is 0 Å². The summed E-state index contributed by atoms with van der Waals surface area (Å²) in [5.41, 5.74) is -1.83. The van der Waals surface area contributed by atoms with Crippen LogP contribution in [0.4, 0.5) is 0 Å². The number of aliphatic hydroxyl groups is 1. The van der Waals surface area contributed by atoms with E-state index in [1.807, 2.05) is 0 Å². The highest BCUT2D eigenvalue weighted by atomic mass is 16.6. The SMILES string of the molecule is COc1ccc2c(O)c(C3c4c(c5ccc(OC)cc5oc4=O)OC3O)c(=O)oc2c1. The number of ether oxygens (including phenoxy) is 3. The van der Waals surface area contributed by atoms with Crippen molar-refractivity contribution in [3.05, 3.63) is 68.4 Å². The Bertz CT molecular complexity index is 1460. The Labute approximate surface area is 173 Å². The van der Waals surface area contributed by atoms with Gasteiger partial charge in [-0.2, -0.15) is 0 Å². The molecule has 0 aliphatic carbocycles. The van der Waals surface area contributed by atoms with Crippen molar-refractivity contribution in [3.8, 4) is 23.0 Å². The molecule has 0 amide bonds. The molecule has 2 atom stereocenters. The molecule has 0 saturated heterocycles. The van der Waals surface area contributed by atoms with Gasteiger partial charge in [-0.05, 0) is 24.3 Å². The summed E-state index contributed by atoms with van der Waals surface area (Å²) in [6.45, 7) is 0. The maximum absolute atomic E-state index is 12.8. The lowest BCUT2D eigenvalue weighted by molar-refractivity contribution is -0.00987. The van der Waals surface area contributed by atoms with Crippen molar-refractivity contribution in [2.24, 2.45) is 0 Å². The zero-order valence-electron chi connectivity index (χ0n) is 16.4. The molecular weight excluding hydrogens is 408 g/mol. The summed E-state index contributed by atoms with van der Waals surface area (Å²) in [6.07, 6.45) is -1.62. The third-order valence-corrected chi connectivity index (χ3v) is 5.37. The van der Waals surface area contributed by atoms with Gasteiger partial charge in [0, 0.05) is 12.1 Å². The van der Waals surface area contributed by atoms with Crippen LogP contribution in [0.15, 0.2) is 54.8 Å². The van der Waals surface area contributed by atoms with E-state index in [1.54, 1.807) is 18.2 Å². The minimum Gasteiger partial charge on any atom is -0.507 e. The quantitative estimate of drug-likeness (QED) is 0.477. The van der Waals surface area contributed by atoms with Crippen LogP contribution in [0.2, 0.25) is 0 Å². The second kappa shape index (κ2) is 6.78. The van der Waals surface area contributed by atoms with Gasteiger partial charge < -0.3 is 33.3 Å².